The zero-order chi connectivity index (χ0) is 19.4. The number of hydrogen-bond acceptors (Lipinski definition) is 5. The fourth-order valence-electron chi connectivity index (χ4n) is 2.06. The quantitative estimate of drug-likeness (QED) is 0.718. The predicted molar refractivity (Wildman–Crippen MR) is 95.1 cm³/mol. The second kappa shape index (κ2) is 8.64. The molecule has 1 aromatic rings. The van der Waals surface area contributed by atoms with Gasteiger partial charge in [-0.15, -0.1) is 0 Å². The van der Waals surface area contributed by atoms with Crippen LogP contribution in [0.1, 0.15) is 30.6 Å². The maximum absolute atomic E-state index is 12.6. The molecule has 0 aromatic heterocycles. The van der Waals surface area contributed by atoms with Crippen LogP contribution in [0.3, 0.4) is 0 Å². The Morgan fingerprint density at radius 1 is 1.32 bits per heavy atom. The minimum Gasteiger partial charge on any atom is -0.467 e. The van der Waals surface area contributed by atoms with Crippen molar-refractivity contribution in [1.82, 2.24) is 9.62 Å². The molecule has 1 N–H and O–H groups in total. The molecule has 0 saturated carbocycles. The summed E-state index contributed by atoms with van der Waals surface area (Å²) in [4.78, 5) is 24.4. The Balaban J connectivity index is 3.23. The van der Waals surface area contributed by atoms with Crippen LogP contribution >= 0.6 is 11.6 Å². The van der Waals surface area contributed by atoms with Gasteiger partial charge in [0.15, 0.2) is 0 Å². The van der Waals surface area contributed by atoms with Gasteiger partial charge in [-0.05, 0) is 24.1 Å². The van der Waals surface area contributed by atoms with Gasteiger partial charge in [0.2, 0.25) is 10.0 Å². The summed E-state index contributed by atoms with van der Waals surface area (Å²) in [5.41, 5.74) is -0.0261. The van der Waals surface area contributed by atoms with Crippen molar-refractivity contribution in [2.75, 3.05) is 21.2 Å². The molecule has 0 aliphatic carbocycles. The number of carbonyl (C=O) groups is 2. The number of nitrogens with one attached hydrogen (secondary N) is 1. The highest BCUT2D eigenvalue weighted by Crippen LogP contribution is 2.22. The van der Waals surface area contributed by atoms with Crippen LogP contribution in [0, 0.1) is 5.92 Å². The van der Waals surface area contributed by atoms with Crippen LogP contribution in [0.25, 0.3) is 0 Å². The van der Waals surface area contributed by atoms with Crippen molar-refractivity contribution in [3.05, 3.63) is 28.8 Å². The maximum atomic E-state index is 12.6. The van der Waals surface area contributed by atoms with Crippen molar-refractivity contribution in [3.63, 3.8) is 0 Å². The van der Waals surface area contributed by atoms with E-state index in [0.29, 0.717) is 6.42 Å². The van der Waals surface area contributed by atoms with Crippen molar-refractivity contribution in [2.24, 2.45) is 5.92 Å². The van der Waals surface area contributed by atoms with E-state index in [9.17, 15) is 18.0 Å². The van der Waals surface area contributed by atoms with Crippen LogP contribution in [0.2, 0.25) is 5.02 Å². The van der Waals surface area contributed by atoms with Crippen molar-refractivity contribution >= 4 is 33.5 Å². The summed E-state index contributed by atoms with van der Waals surface area (Å²) < 4.78 is 30.2. The topological polar surface area (TPSA) is 92.8 Å². The molecular formula is C16H23ClN2O5S. The molecular weight excluding hydrogens is 368 g/mol. The standard InChI is InChI=1S/C16H23ClN2O5S/c1-6-10(2)14(16(21)24-5)18-15(20)12-9-11(7-8-13(12)17)25(22,23)19(3)4/h7-10,14H,6H2,1-5H3,(H,18,20)/t10-,14-/m0/s1. The lowest BCUT2D eigenvalue weighted by Gasteiger charge is -2.22. The molecule has 0 fully saturated rings. The summed E-state index contributed by atoms with van der Waals surface area (Å²) in [7, 11) is 0.298. The normalized spacial score (nSPS) is 14.0. The van der Waals surface area contributed by atoms with Crippen LogP contribution < -0.4 is 5.32 Å². The second-order valence-corrected chi connectivity index (χ2v) is 8.35. The first-order valence-electron chi connectivity index (χ1n) is 7.67. The summed E-state index contributed by atoms with van der Waals surface area (Å²) >= 11 is 6.05. The van der Waals surface area contributed by atoms with Crippen LogP contribution in [-0.4, -0.2) is 51.8 Å². The third kappa shape index (κ3) is 4.93. The maximum Gasteiger partial charge on any atom is 0.328 e. The monoisotopic (exact) mass is 390 g/mol. The van der Waals surface area contributed by atoms with E-state index in [0.717, 1.165) is 4.31 Å². The number of benzene rings is 1. The van der Waals surface area contributed by atoms with E-state index in [2.05, 4.69) is 5.32 Å². The SMILES string of the molecule is CC[C@H](C)[C@H](NC(=O)c1cc(S(=O)(=O)N(C)C)ccc1Cl)C(=O)OC. The molecule has 0 heterocycles. The number of carbonyl (C=O) groups excluding carboxylic acids is 2. The Kier molecular flexibility index (Phi) is 7.40. The first kappa shape index (κ1) is 21.4. The molecule has 1 amide bonds. The lowest BCUT2D eigenvalue weighted by molar-refractivity contribution is -0.144. The first-order valence-corrected chi connectivity index (χ1v) is 9.48. The highest BCUT2D eigenvalue weighted by atomic mass is 35.5. The van der Waals surface area contributed by atoms with Gasteiger partial charge < -0.3 is 10.1 Å². The zero-order valence-corrected chi connectivity index (χ0v) is 16.4. The van der Waals surface area contributed by atoms with Gasteiger partial charge in [0.05, 0.1) is 22.6 Å². The second-order valence-electron chi connectivity index (χ2n) is 5.79. The lowest BCUT2D eigenvalue weighted by Crippen LogP contribution is -2.45. The van der Waals surface area contributed by atoms with Gasteiger partial charge >= 0.3 is 5.97 Å². The van der Waals surface area contributed by atoms with Crippen molar-refractivity contribution in [1.29, 1.82) is 0 Å². The smallest absolute Gasteiger partial charge is 0.328 e. The Hall–Kier alpha value is -1.64. The van der Waals surface area contributed by atoms with Gasteiger partial charge in [0.1, 0.15) is 6.04 Å². The number of rotatable bonds is 7. The number of sulfonamides is 1. The molecule has 0 saturated heterocycles. The number of methoxy groups -OCH3 is 1. The van der Waals surface area contributed by atoms with E-state index in [-0.39, 0.29) is 21.4 Å². The minimum atomic E-state index is -3.72. The van der Waals surface area contributed by atoms with E-state index < -0.39 is 27.9 Å². The third-order valence-corrected chi connectivity index (χ3v) is 6.06. The summed E-state index contributed by atoms with van der Waals surface area (Å²) in [5, 5.41) is 2.66. The van der Waals surface area contributed by atoms with E-state index in [1.54, 1.807) is 6.92 Å². The molecule has 7 nitrogen and oxygen atoms in total. The van der Waals surface area contributed by atoms with Crippen molar-refractivity contribution in [3.8, 4) is 0 Å². The van der Waals surface area contributed by atoms with Gasteiger partial charge in [-0.3, -0.25) is 4.79 Å². The molecule has 0 radical (unpaired) electrons. The predicted octanol–water partition coefficient (Wildman–Crippen LogP) is 1.91. The van der Waals surface area contributed by atoms with E-state index >= 15 is 0 Å². The molecule has 1 aromatic carbocycles. The number of ether oxygens (including phenoxy) is 1. The molecule has 0 aliphatic rings. The number of nitrogens with zero attached hydrogens (tertiary/aromatic N) is 1. The summed E-state index contributed by atoms with van der Waals surface area (Å²) in [6, 6.07) is 3.00. The van der Waals surface area contributed by atoms with Crippen LogP contribution in [0.5, 0.6) is 0 Å². The van der Waals surface area contributed by atoms with Gasteiger partial charge in [0.25, 0.3) is 5.91 Å². The van der Waals surface area contributed by atoms with Gasteiger partial charge in [-0.25, -0.2) is 17.5 Å². The molecule has 0 unspecified atom stereocenters. The zero-order valence-electron chi connectivity index (χ0n) is 14.9. The number of amides is 1. The van der Waals surface area contributed by atoms with Crippen LogP contribution in [0.4, 0.5) is 0 Å². The average molecular weight is 391 g/mol. The van der Waals surface area contributed by atoms with Crippen LogP contribution in [0.15, 0.2) is 23.1 Å². The minimum absolute atomic E-state index is 0.0261. The number of hydrogen-bond donors (Lipinski definition) is 1. The van der Waals surface area contributed by atoms with E-state index in [1.165, 1.54) is 39.4 Å². The Bertz CT molecular complexity index is 749. The Labute approximate surface area is 153 Å². The molecule has 9 heteroatoms. The summed E-state index contributed by atoms with van der Waals surface area (Å²) in [5.74, 6) is -1.38. The molecule has 0 bridgehead atoms. The Morgan fingerprint density at radius 3 is 2.40 bits per heavy atom. The molecule has 0 aliphatic heterocycles. The van der Waals surface area contributed by atoms with Gasteiger partial charge in [-0.2, -0.15) is 0 Å². The van der Waals surface area contributed by atoms with E-state index in [1.807, 2.05) is 6.92 Å². The van der Waals surface area contributed by atoms with Crippen molar-refractivity contribution in [2.45, 2.75) is 31.2 Å². The largest absolute Gasteiger partial charge is 0.467 e. The third-order valence-electron chi connectivity index (χ3n) is 3.92. The first-order chi connectivity index (χ1) is 11.6. The summed E-state index contributed by atoms with van der Waals surface area (Å²) in [6.07, 6.45) is 0.642. The Morgan fingerprint density at radius 2 is 1.92 bits per heavy atom. The molecule has 0 spiro atoms. The van der Waals surface area contributed by atoms with E-state index in [4.69, 9.17) is 16.3 Å². The highest BCUT2D eigenvalue weighted by Gasteiger charge is 2.28. The van der Waals surface area contributed by atoms with Gasteiger partial charge in [0, 0.05) is 14.1 Å². The lowest BCUT2D eigenvalue weighted by atomic mass is 9.99. The summed E-state index contributed by atoms with van der Waals surface area (Å²) in [6.45, 7) is 3.68. The highest BCUT2D eigenvalue weighted by molar-refractivity contribution is 7.89. The number of esters is 1. The van der Waals surface area contributed by atoms with Crippen molar-refractivity contribution < 1.29 is 22.7 Å². The fraction of sp³-hybridized carbons (Fsp3) is 0.500. The molecule has 25 heavy (non-hydrogen) atoms. The number of halogens is 1. The van der Waals surface area contributed by atoms with Crippen LogP contribution in [-0.2, 0) is 19.6 Å². The molecule has 2 atom stereocenters. The van der Waals surface area contributed by atoms with Gasteiger partial charge in [-0.1, -0.05) is 31.9 Å². The molecule has 1 rings (SSSR count). The molecule has 140 valence electrons. The average Bonchev–Trinajstić information content (AvgIpc) is 2.58. The fourth-order valence-corrected chi connectivity index (χ4v) is 3.20.